The van der Waals surface area contributed by atoms with Crippen molar-refractivity contribution in [2.75, 3.05) is 19.0 Å². The second kappa shape index (κ2) is 11.0. The Hall–Kier alpha value is -3.92. The highest BCUT2D eigenvalue weighted by Gasteiger charge is 2.22. The van der Waals surface area contributed by atoms with E-state index < -0.39 is 0 Å². The standard InChI is InChI=1S/C25H26N6O3S/c1-5-34-21-10-6-18(7-11-21)28-24(32)23-22(15-35-25-26-16(2)14-17(3)27-25)31(30-29-23)19-8-12-20(33-4)13-9-19/h6-14H,5,15H2,1-4H3,(H,28,32). The molecule has 0 bridgehead atoms. The third kappa shape index (κ3) is 5.96. The molecular formula is C25H26N6O3S. The van der Waals surface area contributed by atoms with E-state index in [-0.39, 0.29) is 11.6 Å². The molecular weight excluding hydrogens is 464 g/mol. The van der Waals surface area contributed by atoms with E-state index in [1.165, 1.54) is 11.8 Å². The first-order valence-electron chi connectivity index (χ1n) is 11.0. The molecule has 0 aliphatic carbocycles. The fourth-order valence-corrected chi connectivity index (χ4v) is 4.36. The number of rotatable bonds is 9. The number of benzene rings is 2. The monoisotopic (exact) mass is 490 g/mol. The molecule has 1 amide bonds. The predicted octanol–water partition coefficient (Wildman–Crippen LogP) is 4.63. The number of carbonyl (C=O) groups is 1. The van der Waals surface area contributed by atoms with Crippen LogP contribution in [-0.2, 0) is 5.75 Å². The summed E-state index contributed by atoms with van der Waals surface area (Å²) in [6, 6.07) is 16.5. The second-order valence-corrected chi connectivity index (χ2v) is 8.57. The van der Waals surface area contributed by atoms with E-state index in [4.69, 9.17) is 9.47 Å². The summed E-state index contributed by atoms with van der Waals surface area (Å²) in [5.74, 6) is 1.50. The topological polar surface area (TPSA) is 104 Å². The van der Waals surface area contributed by atoms with E-state index in [0.717, 1.165) is 28.6 Å². The van der Waals surface area contributed by atoms with Crippen LogP contribution in [0.5, 0.6) is 11.5 Å². The van der Waals surface area contributed by atoms with Gasteiger partial charge in [-0.15, -0.1) is 5.10 Å². The Bertz CT molecular complexity index is 1290. The van der Waals surface area contributed by atoms with Crippen LogP contribution in [0.25, 0.3) is 5.69 Å². The summed E-state index contributed by atoms with van der Waals surface area (Å²) in [5, 5.41) is 12.0. The largest absolute Gasteiger partial charge is 0.497 e. The van der Waals surface area contributed by atoms with Gasteiger partial charge in [0.25, 0.3) is 5.91 Å². The van der Waals surface area contributed by atoms with Crippen molar-refractivity contribution >= 4 is 23.4 Å². The van der Waals surface area contributed by atoms with E-state index >= 15 is 0 Å². The summed E-state index contributed by atoms with van der Waals surface area (Å²) in [6.45, 7) is 6.35. The van der Waals surface area contributed by atoms with Crippen molar-refractivity contribution in [3.05, 3.63) is 77.4 Å². The third-order valence-corrected chi connectivity index (χ3v) is 5.88. The summed E-state index contributed by atoms with van der Waals surface area (Å²) in [6.07, 6.45) is 0. The van der Waals surface area contributed by atoms with Gasteiger partial charge in [-0.25, -0.2) is 14.6 Å². The quantitative estimate of drug-likeness (QED) is 0.268. The lowest BCUT2D eigenvalue weighted by molar-refractivity contribution is 0.102. The lowest BCUT2D eigenvalue weighted by atomic mass is 10.2. The van der Waals surface area contributed by atoms with Crippen LogP contribution in [0.15, 0.2) is 59.8 Å². The molecule has 0 saturated carbocycles. The highest BCUT2D eigenvalue weighted by atomic mass is 32.2. The number of thioether (sulfide) groups is 1. The molecule has 2 aromatic carbocycles. The normalized spacial score (nSPS) is 10.7. The lowest BCUT2D eigenvalue weighted by Crippen LogP contribution is -2.15. The molecule has 9 nitrogen and oxygen atoms in total. The Balaban J connectivity index is 1.63. The minimum Gasteiger partial charge on any atom is -0.497 e. The molecule has 4 rings (SSSR count). The molecule has 35 heavy (non-hydrogen) atoms. The summed E-state index contributed by atoms with van der Waals surface area (Å²) in [5.41, 5.74) is 4.02. The number of nitrogens with one attached hydrogen (secondary N) is 1. The molecule has 180 valence electrons. The van der Waals surface area contributed by atoms with Crippen molar-refractivity contribution < 1.29 is 14.3 Å². The summed E-state index contributed by atoms with van der Waals surface area (Å²) >= 11 is 1.42. The van der Waals surface area contributed by atoms with Crippen molar-refractivity contribution in [2.45, 2.75) is 31.7 Å². The van der Waals surface area contributed by atoms with Crippen LogP contribution in [0.2, 0.25) is 0 Å². The van der Waals surface area contributed by atoms with Crippen molar-refractivity contribution in [1.82, 2.24) is 25.0 Å². The lowest BCUT2D eigenvalue weighted by Gasteiger charge is -2.10. The number of ether oxygens (including phenoxy) is 2. The molecule has 0 aliphatic rings. The van der Waals surface area contributed by atoms with Gasteiger partial charge in [-0.1, -0.05) is 17.0 Å². The van der Waals surface area contributed by atoms with Gasteiger partial charge >= 0.3 is 0 Å². The Labute approximate surface area is 207 Å². The molecule has 10 heteroatoms. The predicted molar refractivity (Wildman–Crippen MR) is 135 cm³/mol. The number of aromatic nitrogens is 5. The summed E-state index contributed by atoms with van der Waals surface area (Å²) < 4.78 is 12.4. The highest BCUT2D eigenvalue weighted by molar-refractivity contribution is 7.98. The average Bonchev–Trinajstić information content (AvgIpc) is 3.28. The number of hydrogen-bond acceptors (Lipinski definition) is 8. The number of amides is 1. The maximum absolute atomic E-state index is 13.2. The Morgan fingerprint density at radius 3 is 2.29 bits per heavy atom. The summed E-state index contributed by atoms with van der Waals surface area (Å²) in [7, 11) is 1.61. The minimum absolute atomic E-state index is 0.228. The Morgan fingerprint density at radius 1 is 1.00 bits per heavy atom. The van der Waals surface area contributed by atoms with Crippen LogP contribution in [0.1, 0.15) is 34.5 Å². The van der Waals surface area contributed by atoms with E-state index in [1.807, 2.05) is 63.2 Å². The number of aryl methyl sites for hydroxylation is 2. The van der Waals surface area contributed by atoms with Gasteiger partial charge in [0.15, 0.2) is 10.9 Å². The van der Waals surface area contributed by atoms with Crippen molar-refractivity contribution in [2.24, 2.45) is 0 Å². The molecule has 0 unspecified atom stereocenters. The van der Waals surface area contributed by atoms with Crippen molar-refractivity contribution in [3.8, 4) is 17.2 Å². The molecule has 0 saturated heterocycles. The van der Waals surface area contributed by atoms with Crippen molar-refractivity contribution in [3.63, 3.8) is 0 Å². The fourth-order valence-electron chi connectivity index (χ4n) is 3.42. The van der Waals surface area contributed by atoms with Crippen LogP contribution in [0, 0.1) is 13.8 Å². The van der Waals surface area contributed by atoms with E-state index in [1.54, 1.807) is 23.9 Å². The van der Waals surface area contributed by atoms with Gasteiger partial charge < -0.3 is 14.8 Å². The summed E-state index contributed by atoms with van der Waals surface area (Å²) in [4.78, 5) is 22.2. The van der Waals surface area contributed by atoms with Crippen LogP contribution in [0.4, 0.5) is 5.69 Å². The first kappa shape index (κ1) is 24.2. The maximum Gasteiger partial charge on any atom is 0.278 e. The van der Waals surface area contributed by atoms with Gasteiger partial charge in [0, 0.05) is 22.8 Å². The third-order valence-electron chi connectivity index (χ3n) is 5.02. The second-order valence-electron chi connectivity index (χ2n) is 7.63. The Kier molecular flexibility index (Phi) is 7.61. The van der Waals surface area contributed by atoms with Gasteiger partial charge in [0.1, 0.15) is 11.5 Å². The smallest absolute Gasteiger partial charge is 0.278 e. The number of anilines is 1. The molecule has 0 spiro atoms. The fraction of sp³-hybridized carbons (Fsp3) is 0.240. The van der Waals surface area contributed by atoms with Gasteiger partial charge in [0.05, 0.1) is 25.1 Å². The first-order valence-corrected chi connectivity index (χ1v) is 12.0. The minimum atomic E-state index is -0.356. The zero-order valence-electron chi connectivity index (χ0n) is 20.0. The van der Waals surface area contributed by atoms with Gasteiger partial charge in [-0.2, -0.15) is 0 Å². The zero-order chi connectivity index (χ0) is 24.8. The molecule has 0 fully saturated rings. The first-order chi connectivity index (χ1) is 17.0. The van der Waals surface area contributed by atoms with Crippen LogP contribution < -0.4 is 14.8 Å². The van der Waals surface area contributed by atoms with Crippen LogP contribution >= 0.6 is 11.8 Å². The molecule has 2 aromatic heterocycles. The molecule has 0 atom stereocenters. The van der Waals surface area contributed by atoms with Crippen LogP contribution in [-0.4, -0.2) is 44.6 Å². The molecule has 2 heterocycles. The van der Waals surface area contributed by atoms with E-state index in [9.17, 15) is 4.79 Å². The molecule has 0 aliphatic heterocycles. The average molecular weight is 491 g/mol. The number of hydrogen-bond donors (Lipinski definition) is 1. The van der Waals surface area contributed by atoms with Gasteiger partial charge in [-0.05, 0) is 75.4 Å². The Morgan fingerprint density at radius 2 is 1.66 bits per heavy atom. The number of methoxy groups -OCH3 is 1. The van der Waals surface area contributed by atoms with Gasteiger partial charge in [-0.3, -0.25) is 4.79 Å². The maximum atomic E-state index is 13.2. The van der Waals surface area contributed by atoms with E-state index in [0.29, 0.717) is 28.9 Å². The SMILES string of the molecule is CCOc1ccc(NC(=O)c2nnn(-c3ccc(OC)cc3)c2CSc2nc(C)cc(C)n2)cc1. The van der Waals surface area contributed by atoms with Gasteiger partial charge in [0.2, 0.25) is 0 Å². The zero-order valence-corrected chi connectivity index (χ0v) is 20.8. The van der Waals surface area contributed by atoms with E-state index in [2.05, 4.69) is 25.6 Å². The number of nitrogens with zero attached hydrogens (tertiary/aromatic N) is 5. The highest BCUT2D eigenvalue weighted by Crippen LogP contribution is 2.25. The van der Waals surface area contributed by atoms with Crippen LogP contribution in [0.3, 0.4) is 0 Å². The molecule has 4 aromatic rings. The number of carbonyl (C=O) groups excluding carboxylic acids is 1. The molecule has 0 radical (unpaired) electrons. The molecule has 1 N–H and O–H groups in total. The van der Waals surface area contributed by atoms with Crippen molar-refractivity contribution in [1.29, 1.82) is 0 Å².